The molecule has 6 nitrogen and oxygen atoms in total. The number of nitrogens with one attached hydrogen (secondary N) is 1. The molecule has 0 spiro atoms. The number of sulfonamides is 1. The van der Waals surface area contributed by atoms with Crippen LogP contribution in [-0.2, 0) is 10.0 Å². The van der Waals surface area contributed by atoms with Gasteiger partial charge in [0, 0.05) is 30.9 Å². The summed E-state index contributed by atoms with van der Waals surface area (Å²) >= 11 is 5.80. The molecule has 1 N–H and O–H groups in total. The zero-order valence-electron chi connectivity index (χ0n) is 14.1. The van der Waals surface area contributed by atoms with E-state index in [4.69, 9.17) is 11.6 Å². The molecule has 1 saturated heterocycles. The maximum Gasteiger partial charge on any atom is 0.240 e. The summed E-state index contributed by atoms with van der Waals surface area (Å²) in [6, 6.07) is 11.8. The standard InChI is InChI=1S/C18H19ClN4O2S/c19-16-3-5-17(6-4-16)26(24,25)22-13-14-7-10-23(11-8-14)18-15(12-20)2-1-9-21-18/h1-6,9,14,22H,7-8,10-11,13H2. The van der Waals surface area contributed by atoms with E-state index in [1.807, 2.05) is 0 Å². The second-order valence-corrected chi connectivity index (χ2v) is 8.43. The lowest BCUT2D eigenvalue weighted by Gasteiger charge is -2.33. The zero-order chi connectivity index (χ0) is 18.6. The van der Waals surface area contributed by atoms with Gasteiger partial charge >= 0.3 is 0 Å². The van der Waals surface area contributed by atoms with E-state index in [-0.39, 0.29) is 10.8 Å². The van der Waals surface area contributed by atoms with Gasteiger partial charge in [-0.2, -0.15) is 5.26 Å². The van der Waals surface area contributed by atoms with E-state index in [2.05, 4.69) is 20.7 Å². The van der Waals surface area contributed by atoms with Gasteiger partial charge in [-0.15, -0.1) is 0 Å². The van der Waals surface area contributed by atoms with E-state index < -0.39 is 10.0 Å². The van der Waals surface area contributed by atoms with Crippen LogP contribution < -0.4 is 9.62 Å². The Morgan fingerprint density at radius 3 is 2.58 bits per heavy atom. The molecular formula is C18H19ClN4O2S. The van der Waals surface area contributed by atoms with E-state index in [1.165, 1.54) is 12.1 Å². The number of benzene rings is 1. The molecule has 1 aliphatic heterocycles. The van der Waals surface area contributed by atoms with Gasteiger partial charge in [0.25, 0.3) is 0 Å². The molecule has 0 bridgehead atoms. The number of nitriles is 1. The molecule has 0 atom stereocenters. The molecule has 1 fully saturated rings. The van der Waals surface area contributed by atoms with Gasteiger partial charge in [0.05, 0.1) is 10.5 Å². The van der Waals surface area contributed by atoms with Crippen LogP contribution in [0.25, 0.3) is 0 Å². The monoisotopic (exact) mass is 390 g/mol. The number of piperidine rings is 1. The third kappa shape index (κ3) is 4.33. The summed E-state index contributed by atoms with van der Waals surface area (Å²) in [5.74, 6) is 0.956. The highest BCUT2D eigenvalue weighted by molar-refractivity contribution is 7.89. The van der Waals surface area contributed by atoms with Crippen LogP contribution in [0.4, 0.5) is 5.82 Å². The van der Waals surface area contributed by atoms with Crippen molar-refractivity contribution in [2.75, 3.05) is 24.5 Å². The largest absolute Gasteiger partial charge is 0.356 e. The Balaban J connectivity index is 1.56. The number of anilines is 1. The molecule has 0 saturated carbocycles. The zero-order valence-corrected chi connectivity index (χ0v) is 15.7. The molecular weight excluding hydrogens is 372 g/mol. The highest BCUT2D eigenvalue weighted by Crippen LogP contribution is 2.24. The molecule has 2 aromatic rings. The van der Waals surface area contributed by atoms with Crippen molar-refractivity contribution in [1.82, 2.24) is 9.71 Å². The molecule has 136 valence electrons. The van der Waals surface area contributed by atoms with Crippen LogP contribution in [0.5, 0.6) is 0 Å². The first kappa shape index (κ1) is 18.6. The van der Waals surface area contributed by atoms with Gasteiger partial charge in [-0.1, -0.05) is 11.6 Å². The summed E-state index contributed by atoms with van der Waals surface area (Å²) in [5.41, 5.74) is 0.564. The van der Waals surface area contributed by atoms with Crippen molar-refractivity contribution in [1.29, 1.82) is 5.26 Å². The third-order valence-corrected chi connectivity index (χ3v) is 6.20. The van der Waals surface area contributed by atoms with Crippen molar-refractivity contribution < 1.29 is 8.42 Å². The maximum atomic E-state index is 12.3. The van der Waals surface area contributed by atoms with Crippen molar-refractivity contribution in [3.8, 4) is 6.07 Å². The molecule has 0 amide bonds. The fraction of sp³-hybridized carbons (Fsp3) is 0.333. The van der Waals surface area contributed by atoms with Crippen molar-refractivity contribution in [2.45, 2.75) is 17.7 Å². The fourth-order valence-electron chi connectivity index (χ4n) is 3.01. The number of halogens is 1. The highest BCUT2D eigenvalue weighted by atomic mass is 35.5. The lowest BCUT2D eigenvalue weighted by molar-refractivity contribution is 0.400. The molecule has 3 rings (SSSR count). The molecule has 0 aliphatic carbocycles. The van der Waals surface area contributed by atoms with Crippen LogP contribution in [0.1, 0.15) is 18.4 Å². The molecule has 0 unspecified atom stereocenters. The summed E-state index contributed by atoms with van der Waals surface area (Å²) in [6.45, 7) is 1.89. The smallest absolute Gasteiger partial charge is 0.240 e. The van der Waals surface area contributed by atoms with Crippen LogP contribution in [0, 0.1) is 17.2 Å². The highest BCUT2D eigenvalue weighted by Gasteiger charge is 2.23. The van der Waals surface area contributed by atoms with Crippen molar-refractivity contribution in [3.63, 3.8) is 0 Å². The first-order chi connectivity index (χ1) is 12.5. The summed E-state index contributed by atoms with van der Waals surface area (Å²) in [4.78, 5) is 6.61. The quantitative estimate of drug-likeness (QED) is 0.848. The molecule has 2 heterocycles. The SMILES string of the molecule is N#Cc1cccnc1N1CCC(CNS(=O)(=O)c2ccc(Cl)cc2)CC1. The minimum absolute atomic E-state index is 0.214. The Morgan fingerprint density at radius 1 is 1.23 bits per heavy atom. The number of rotatable bonds is 5. The lowest BCUT2D eigenvalue weighted by Crippen LogP contribution is -2.39. The fourth-order valence-corrected chi connectivity index (χ4v) is 4.25. The van der Waals surface area contributed by atoms with Gasteiger partial charge in [-0.25, -0.2) is 18.1 Å². The van der Waals surface area contributed by atoms with Crippen LogP contribution >= 0.6 is 11.6 Å². The second-order valence-electron chi connectivity index (χ2n) is 6.22. The Kier molecular flexibility index (Phi) is 5.77. The Bertz CT molecular complexity index is 902. The third-order valence-electron chi connectivity index (χ3n) is 4.51. The van der Waals surface area contributed by atoms with E-state index >= 15 is 0 Å². The molecule has 0 radical (unpaired) electrons. The van der Waals surface area contributed by atoms with Crippen LogP contribution in [-0.4, -0.2) is 33.0 Å². The average molecular weight is 391 g/mol. The summed E-state index contributed by atoms with van der Waals surface area (Å²) in [5, 5.41) is 9.70. The number of aromatic nitrogens is 1. The molecule has 8 heteroatoms. The molecule has 1 aromatic heterocycles. The van der Waals surface area contributed by atoms with Crippen molar-refractivity contribution >= 4 is 27.4 Å². The van der Waals surface area contributed by atoms with Gasteiger partial charge in [0.1, 0.15) is 11.9 Å². The average Bonchev–Trinajstić information content (AvgIpc) is 2.67. The Hall–Kier alpha value is -2.14. The predicted octanol–water partition coefficient (Wildman–Crippen LogP) is 2.80. The van der Waals surface area contributed by atoms with Crippen molar-refractivity contribution in [3.05, 3.63) is 53.2 Å². The Labute approximate surface area is 158 Å². The van der Waals surface area contributed by atoms with E-state index in [0.29, 0.717) is 22.9 Å². The molecule has 1 aromatic carbocycles. The molecule has 26 heavy (non-hydrogen) atoms. The van der Waals surface area contributed by atoms with Crippen molar-refractivity contribution in [2.24, 2.45) is 5.92 Å². The second kappa shape index (κ2) is 8.04. The topological polar surface area (TPSA) is 86.1 Å². The maximum absolute atomic E-state index is 12.3. The van der Waals surface area contributed by atoms with Gasteiger partial charge in [-0.3, -0.25) is 0 Å². The van der Waals surface area contributed by atoms with Crippen LogP contribution in [0.3, 0.4) is 0 Å². The minimum Gasteiger partial charge on any atom is -0.356 e. The number of hydrogen-bond acceptors (Lipinski definition) is 5. The first-order valence-electron chi connectivity index (χ1n) is 8.35. The minimum atomic E-state index is -3.53. The van der Waals surface area contributed by atoms with Gasteiger partial charge in [0.2, 0.25) is 10.0 Å². The normalized spacial score (nSPS) is 15.6. The number of nitrogens with zero attached hydrogens (tertiary/aromatic N) is 3. The van der Waals surface area contributed by atoms with Gasteiger partial charge < -0.3 is 4.90 Å². The molecule has 1 aliphatic rings. The van der Waals surface area contributed by atoms with E-state index in [9.17, 15) is 13.7 Å². The predicted molar refractivity (Wildman–Crippen MR) is 101 cm³/mol. The first-order valence-corrected chi connectivity index (χ1v) is 10.2. The number of hydrogen-bond donors (Lipinski definition) is 1. The van der Waals surface area contributed by atoms with E-state index in [0.717, 1.165) is 25.9 Å². The summed E-state index contributed by atoms with van der Waals surface area (Å²) in [6.07, 6.45) is 3.36. The summed E-state index contributed by atoms with van der Waals surface area (Å²) < 4.78 is 27.4. The number of pyridine rings is 1. The van der Waals surface area contributed by atoms with Gasteiger partial charge in [0.15, 0.2) is 0 Å². The van der Waals surface area contributed by atoms with Crippen LogP contribution in [0.15, 0.2) is 47.5 Å². The van der Waals surface area contributed by atoms with E-state index in [1.54, 1.807) is 30.5 Å². The Morgan fingerprint density at radius 2 is 1.92 bits per heavy atom. The summed E-state index contributed by atoms with van der Waals surface area (Å²) in [7, 11) is -3.53. The lowest BCUT2D eigenvalue weighted by atomic mass is 9.97. The van der Waals surface area contributed by atoms with Gasteiger partial charge in [-0.05, 0) is 55.2 Å². The van der Waals surface area contributed by atoms with Crippen LogP contribution in [0.2, 0.25) is 5.02 Å².